The van der Waals surface area contributed by atoms with Gasteiger partial charge in [0.1, 0.15) is 0 Å². The second-order valence-corrected chi connectivity index (χ2v) is 5.83. The van der Waals surface area contributed by atoms with Gasteiger partial charge in [-0.2, -0.15) is 0 Å². The molecule has 0 atom stereocenters. The highest BCUT2D eigenvalue weighted by molar-refractivity contribution is 5.45. The molecule has 0 aromatic heterocycles. The Bertz CT molecular complexity index is 646. The van der Waals surface area contributed by atoms with Crippen LogP contribution in [0.1, 0.15) is 41.9 Å². The Morgan fingerprint density at radius 1 is 0.840 bits per heavy atom. The van der Waals surface area contributed by atoms with E-state index in [9.17, 15) is 0 Å². The number of benzene rings is 2. The van der Waals surface area contributed by atoms with Crippen LogP contribution in [0, 0.1) is 0 Å². The summed E-state index contributed by atoms with van der Waals surface area (Å²) in [4.78, 5) is 0. The Balaban J connectivity index is 2.79. The van der Waals surface area contributed by atoms with Gasteiger partial charge in [-0.15, -0.1) is 0 Å². The molecule has 0 radical (unpaired) electrons. The van der Waals surface area contributed by atoms with E-state index in [1.807, 2.05) is 42.5 Å². The highest BCUT2D eigenvalue weighted by Gasteiger charge is 2.39. The van der Waals surface area contributed by atoms with E-state index in [0.29, 0.717) is 0 Å². The molecule has 2 aromatic rings. The van der Waals surface area contributed by atoms with Crippen molar-refractivity contribution >= 4 is 0 Å². The minimum atomic E-state index is -1.03. The normalized spacial score (nSPS) is 11.9. The van der Waals surface area contributed by atoms with Crippen molar-refractivity contribution in [3.05, 3.63) is 70.8 Å². The van der Waals surface area contributed by atoms with Crippen LogP contribution in [0.4, 0.5) is 0 Å². The van der Waals surface area contributed by atoms with Crippen molar-refractivity contribution in [1.82, 2.24) is 0 Å². The average Bonchev–Trinajstić information content (AvgIpc) is 2.67. The third-order valence-electron chi connectivity index (χ3n) is 4.44. The standard InChI is InChI=1S/C21H28O4/c1-6-11-16-12-10-15-18(20(22-2)23-3)19(16)21(24-4,25-5)17-13-8-7-9-14-17/h7-10,12-15,20H,6,11H2,1-5H3. The summed E-state index contributed by atoms with van der Waals surface area (Å²) in [5.74, 6) is -1.03. The second-order valence-electron chi connectivity index (χ2n) is 5.83. The van der Waals surface area contributed by atoms with Crippen LogP contribution < -0.4 is 0 Å². The van der Waals surface area contributed by atoms with Crippen molar-refractivity contribution in [2.24, 2.45) is 0 Å². The minimum Gasteiger partial charge on any atom is -0.352 e. The van der Waals surface area contributed by atoms with Crippen molar-refractivity contribution in [3.8, 4) is 0 Å². The molecule has 0 aliphatic carbocycles. The lowest BCUT2D eigenvalue weighted by molar-refractivity contribution is -0.188. The first-order valence-electron chi connectivity index (χ1n) is 8.52. The van der Waals surface area contributed by atoms with Gasteiger partial charge in [-0.3, -0.25) is 0 Å². The Hall–Kier alpha value is -1.72. The summed E-state index contributed by atoms with van der Waals surface area (Å²) in [6.07, 6.45) is 1.42. The monoisotopic (exact) mass is 344 g/mol. The summed E-state index contributed by atoms with van der Waals surface area (Å²) < 4.78 is 23.1. The van der Waals surface area contributed by atoms with Gasteiger partial charge in [0, 0.05) is 45.1 Å². The molecule has 0 spiro atoms. The molecule has 136 valence electrons. The van der Waals surface area contributed by atoms with Crippen LogP contribution in [0.25, 0.3) is 0 Å². The lowest BCUT2D eigenvalue weighted by Crippen LogP contribution is -2.35. The molecule has 2 rings (SSSR count). The zero-order valence-corrected chi connectivity index (χ0v) is 15.7. The lowest BCUT2D eigenvalue weighted by Gasteiger charge is -2.36. The summed E-state index contributed by atoms with van der Waals surface area (Å²) in [6.45, 7) is 2.16. The predicted molar refractivity (Wildman–Crippen MR) is 98.4 cm³/mol. The summed E-state index contributed by atoms with van der Waals surface area (Å²) >= 11 is 0. The molecule has 0 N–H and O–H groups in total. The van der Waals surface area contributed by atoms with E-state index in [2.05, 4.69) is 13.0 Å². The minimum absolute atomic E-state index is 0.500. The molecule has 0 aliphatic rings. The first-order valence-corrected chi connectivity index (χ1v) is 8.52. The van der Waals surface area contributed by atoms with E-state index in [4.69, 9.17) is 18.9 Å². The molecule has 0 bridgehead atoms. The molecule has 0 fully saturated rings. The molecular weight excluding hydrogens is 316 g/mol. The zero-order chi connectivity index (χ0) is 18.3. The van der Waals surface area contributed by atoms with Gasteiger partial charge in [0.05, 0.1) is 0 Å². The van der Waals surface area contributed by atoms with Crippen LogP contribution >= 0.6 is 0 Å². The Kier molecular flexibility index (Phi) is 7.14. The van der Waals surface area contributed by atoms with Crippen molar-refractivity contribution in [1.29, 1.82) is 0 Å². The van der Waals surface area contributed by atoms with Crippen molar-refractivity contribution < 1.29 is 18.9 Å². The molecule has 0 saturated carbocycles. The van der Waals surface area contributed by atoms with Gasteiger partial charge in [0.25, 0.3) is 0 Å². The molecule has 4 heteroatoms. The van der Waals surface area contributed by atoms with Crippen LogP contribution in [-0.4, -0.2) is 28.4 Å². The Labute approximate surface area is 150 Å². The third kappa shape index (κ3) is 3.77. The highest BCUT2D eigenvalue weighted by Crippen LogP contribution is 2.41. The average molecular weight is 344 g/mol. The first kappa shape index (κ1) is 19.6. The Morgan fingerprint density at radius 3 is 2.00 bits per heavy atom. The van der Waals surface area contributed by atoms with E-state index < -0.39 is 12.1 Å². The number of ether oxygens (including phenoxy) is 4. The molecule has 0 heterocycles. The SMILES string of the molecule is CCCc1cccc(C(OC)OC)c1C(OC)(OC)c1ccccc1. The van der Waals surface area contributed by atoms with Gasteiger partial charge < -0.3 is 18.9 Å². The zero-order valence-electron chi connectivity index (χ0n) is 15.7. The third-order valence-corrected chi connectivity index (χ3v) is 4.44. The van der Waals surface area contributed by atoms with E-state index >= 15 is 0 Å². The van der Waals surface area contributed by atoms with Gasteiger partial charge in [-0.25, -0.2) is 0 Å². The topological polar surface area (TPSA) is 36.9 Å². The molecule has 0 unspecified atom stereocenters. The summed E-state index contributed by atoms with van der Waals surface area (Å²) in [6, 6.07) is 16.1. The first-order chi connectivity index (χ1) is 12.2. The van der Waals surface area contributed by atoms with Crippen LogP contribution in [0.5, 0.6) is 0 Å². The summed E-state index contributed by atoms with van der Waals surface area (Å²) in [5, 5.41) is 0. The molecule has 0 saturated heterocycles. The second kappa shape index (κ2) is 9.11. The summed E-state index contributed by atoms with van der Waals surface area (Å²) in [5.41, 5.74) is 3.94. The fraction of sp³-hybridized carbons (Fsp3) is 0.429. The van der Waals surface area contributed by atoms with Gasteiger partial charge >= 0.3 is 0 Å². The predicted octanol–water partition coefficient (Wildman–Crippen LogP) is 4.42. The number of rotatable bonds is 9. The highest BCUT2D eigenvalue weighted by atomic mass is 16.7. The van der Waals surface area contributed by atoms with E-state index in [-0.39, 0.29) is 0 Å². The van der Waals surface area contributed by atoms with Crippen LogP contribution in [0.3, 0.4) is 0 Å². The molecule has 0 amide bonds. The largest absolute Gasteiger partial charge is 0.352 e. The molecule has 0 aliphatic heterocycles. The van der Waals surface area contributed by atoms with Crippen LogP contribution in [0.2, 0.25) is 0 Å². The number of hydrogen-bond donors (Lipinski definition) is 0. The smallest absolute Gasteiger partial charge is 0.222 e. The maximum absolute atomic E-state index is 5.99. The molecule has 25 heavy (non-hydrogen) atoms. The van der Waals surface area contributed by atoms with Gasteiger partial charge in [-0.05, 0) is 12.0 Å². The lowest BCUT2D eigenvalue weighted by atomic mass is 9.87. The maximum atomic E-state index is 5.99. The molecule has 2 aromatic carbocycles. The van der Waals surface area contributed by atoms with Crippen molar-refractivity contribution in [2.75, 3.05) is 28.4 Å². The van der Waals surface area contributed by atoms with Crippen molar-refractivity contribution in [2.45, 2.75) is 31.8 Å². The van der Waals surface area contributed by atoms with Crippen LogP contribution in [0.15, 0.2) is 48.5 Å². The van der Waals surface area contributed by atoms with Gasteiger partial charge in [-0.1, -0.05) is 61.9 Å². The van der Waals surface area contributed by atoms with Gasteiger partial charge in [0.2, 0.25) is 5.79 Å². The number of hydrogen-bond acceptors (Lipinski definition) is 4. The van der Waals surface area contributed by atoms with Crippen LogP contribution in [-0.2, 0) is 31.2 Å². The maximum Gasteiger partial charge on any atom is 0.222 e. The quantitative estimate of drug-likeness (QED) is 0.631. The summed E-state index contributed by atoms with van der Waals surface area (Å²) in [7, 11) is 6.59. The van der Waals surface area contributed by atoms with Crippen molar-refractivity contribution in [3.63, 3.8) is 0 Å². The number of aryl methyl sites for hydroxylation is 1. The van der Waals surface area contributed by atoms with Gasteiger partial charge in [0.15, 0.2) is 6.29 Å². The Morgan fingerprint density at radius 2 is 1.48 bits per heavy atom. The van der Waals surface area contributed by atoms with E-state index in [1.165, 1.54) is 0 Å². The fourth-order valence-electron chi connectivity index (χ4n) is 3.37. The van der Waals surface area contributed by atoms with E-state index in [1.54, 1.807) is 28.4 Å². The molecular formula is C21H28O4. The molecule has 4 nitrogen and oxygen atoms in total. The number of methoxy groups -OCH3 is 4. The van der Waals surface area contributed by atoms with E-state index in [0.717, 1.165) is 35.1 Å². The fourth-order valence-corrected chi connectivity index (χ4v) is 3.37.